The van der Waals surface area contributed by atoms with E-state index in [2.05, 4.69) is 15.5 Å². The lowest BCUT2D eigenvalue weighted by Crippen LogP contribution is -2.31. The van der Waals surface area contributed by atoms with Gasteiger partial charge in [-0.2, -0.15) is 0 Å². The van der Waals surface area contributed by atoms with Gasteiger partial charge in [-0.3, -0.25) is 0 Å². The van der Waals surface area contributed by atoms with Crippen LogP contribution >= 0.6 is 0 Å². The zero-order valence-electron chi connectivity index (χ0n) is 10.3. The van der Waals surface area contributed by atoms with E-state index in [1.807, 2.05) is 43.3 Å². The molecule has 2 rings (SSSR count). The number of nitrogens with two attached hydrogens (primary N) is 1. The number of hydrogen-bond donors (Lipinski definition) is 2. The number of nitrogens with zero attached hydrogens (tertiary/aromatic N) is 2. The molecule has 0 saturated carbocycles. The van der Waals surface area contributed by atoms with Crippen LogP contribution in [-0.2, 0) is 13.1 Å². The Morgan fingerprint density at radius 2 is 2.17 bits per heavy atom. The van der Waals surface area contributed by atoms with Gasteiger partial charge >= 0.3 is 0 Å². The van der Waals surface area contributed by atoms with Crippen molar-refractivity contribution in [1.29, 1.82) is 0 Å². The summed E-state index contributed by atoms with van der Waals surface area (Å²) < 4.78 is 4.96. The summed E-state index contributed by atoms with van der Waals surface area (Å²) in [6, 6.07) is 11.8. The molecule has 0 spiro atoms. The molecule has 0 saturated heterocycles. The smallest absolute Gasteiger partial charge is 0.189 e. The molecule has 5 nitrogen and oxygen atoms in total. The van der Waals surface area contributed by atoms with E-state index in [9.17, 15) is 0 Å². The van der Waals surface area contributed by atoms with Gasteiger partial charge < -0.3 is 15.6 Å². The fraction of sp³-hybridized carbons (Fsp3) is 0.231. The maximum absolute atomic E-state index is 5.76. The zero-order chi connectivity index (χ0) is 12.8. The van der Waals surface area contributed by atoms with Crippen molar-refractivity contribution in [2.45, 2.75) is 20.0 Å². The van der Waals surface area contributed by atoms with E-state index in [4.69, 9.17) is 10.3 Å². The Morgan fingerprint density at radius 1 is 1.39 bits per heavy atom. The predicted octanol–water partition coefficient (Wildman–Crippen LogP) is 1.59. The minimum absolute atomic E-state index is 0.402. The number of hydrogen-bond acceptors (Lipinski definition) is 3. The van der Waals surface area contributed by atoms with E-state index >= 15 is 0 Å². The number of rotatable bonds is 4. The van der Waals surface area contributed by atoms with Gasteiger partial charge in [-0.15, -0.1) is 0 Å². The van der Waals surface area contributed by atoms with E-state index in [-0.39, 0.29) is 0 Å². The summed E-state index contributed by atoms with van der Waals surface area (Å²) in [7, 11) is 0. The standard InChI is InChI=1S/C13H16N4O/c1-10-7-12(17-18-10)9-16-13(14)15-8-11-5-3-2-4-6-11/h2-7H,8-9H2,1H3,(H3,14,15,16). The van der Waals surface area contributed by atoms with Crippen LogP contribution in [0.5, 0.6) is 0 Å². The lowest BCUT2D eigenvalue weighted by Gasteiger charge is -2.03. The first-order chi connectivity index (χ1) is 8.74. The first kappa shape index (κ1) is 12.2. The van der Waals surface area contributed by atoms with Crippen LogP contribution in [0.4, 0.5) is 0 Å². The molecule has 94 valence electrons. The first-order valence-electron chi connectivity index (χ1n) is 5.74. The second-order valence-electron chi connectivity index (χ2n) is 3.97. The summed E-state index contributed by atoms with van der Waals surface area (Å²) in [6.45, 7) is 2.93. The Labute approximate surface area is 106 Å². The number of aliphatic imine (C=N–C) groups is 1. The highest BCUT2D eigenvalue weighted by Crippen LogP contribution is 2.01. The second-order valence-corrected chi connectivity index (χ2v) is 3.97. The third-order valence-corrected chi connectivity index (χ3v) is 2.40. The molecule has 0 atom stereocenters. The number of nitrogens with one attached hydrogen (secondary N) is 1. The molecule has 1 aromatic heterocycles. The molecule has 5 heteroatoms. The highest BCUT2D eigenvalue weighted by Gasteiger charge is 2.00. The summed E-state index contributed by atoms with van der Waals surface area (Å²) in [5.74, 6) is 1.19. The predicted molar refractivity (Wildman–Crippen MR) is 69.8 cm³/mol. The summed E-state index contributed by atoms with van der Waals surface area (Å²) in [4.78, 5) is 4.24. The van der Waals surface area contributed by atoms with Crippen molar-refractivity contribution in [1.82, 2.24) is 10.5 Å². The van der Waals surface area contributed by atoms with Crippen molar-refractivity contribution < 1.29 is 4.52 Å². The molecule has 0 unspecified atom stereocenters. The summed E-state index contributed by atoms with van der Waals surface area (Å²) in [5, 5.41) is 6.85. The van der Waals surface area contributed by atoms with Crippen LogP contribution in [0.2, 0.25) is 0 Å². The van der Waals surface area contributed by atoms with Gasteiger partial charge in [0.05, 0.1) is 13.1 Å². The van der Waals surface area contributed by atoms with E-state index in [1.54, 1.807) is 0 Å². The molecule has 2 aromatic rings. The minimum Gasteiger partial charge on any atom is -0.370 e. The number of guanidine groups is 1. The van der Waals surface area contributed by atoms with Crippen molar-refractivity contribution in [2.75, 3.05) is 0 Å². The number of aryl methyl sites for hydroxylation is 1. The monoisotopic (exact) mass is 244 g/mol. The molecule has 3 N–H and O–H groups in total. The average Bonchev–Trinajstić information content (AvgIpc) is 2.81. The Hall–Kier alpha value is -2.30. The van der Waals surface area contributed by atoms with Gasteiger partial charge in [-0.05, 0) is 12.5 Å². The van der Waals surface area contributed by atoms with E-state index < -0.39 is 0 Å². The van der Waals surface area contributed by atoms with Crippen LogP contribution in [0.3, 0.4) is 0 Å². The van der Waals surface area contributed by atoms with Crippen LogP contribution < -0.4 is 11.1 Å². The van der Waals surface area contributed by atoms with Gasteiger partial charge in [0.2, 0.25) is 0 Å². The molecule has 0 aliphatic heterocycles. The van der Waals surface area contributed by atoms with Crippen molar-refractivity contribution in [3.05, 3.63) is 53.4 Å². The Kier molecular flexibility index (Phi) is 3.96. The fourth-order valence-corrected chi connectivity index (χ4v) is 1.50. The SMILES string of the molecule is Cc1cc(CNC(N)=NCc2ccccc2)no1. The summed E-state index contributed by atoms with van der Waals surface area (Å²) in [6.07, 6.45) is 0. The number of aromatic nitrogens is 1. The molecular weight excluding hydrogens is 228 g/mol. The molecule has 1 aromatic carbocycles. The van der Waals surface area contributed by atoms with Crippen molar-refractivity contribution in [3.63, 3.8) is 0 Å². The molecule has 0 bridgehead atoms. The van der Waals surface area contributed by atoms with Gasteiger partial charge in [0.1, 0.15) is 11.5 Å². The second kappa shape index (κ2) is 5.86. The summed E-state index contributed by atoms with van der Waals surface area (Å²) >= 11 is 0. The van der Waals surface area contributed by atoms with Gasteiger partial charge in [-0.1, -0.05) is 35.5 Å². The van der Waals surface area contributed by atoms with Crippen LogP contribution in [0.15, 0.2) is 45.9 Å². The highest BCUT2D eigenvalue weighted by atomic mass is 16.5. The van der Waals surface area contributed by atoms with Crippen molar-refractivity contribution >= 4 is 5.96 Å². The van der Waals surface area contributed by atoms with Gasteiger partial charge in [0.25, 0.3) is 0 Å². The Balaban J connectivity index is 1.82. The fourth-order valence-electron chi connectivity index (χ4n) is 1.50. The third kappa shape index (κ3) is 3.62. The van der Waals surface area contributed by atoms with Crippen LogP contribution in [0.1, 0.15) is 17.0 Å². The van der Waals surface area contributed by atoms with Crippen LogP contribution in [0, 0.1) is 6.92 Å². The van der Waals surface area contributed by atoms with E-state index in [0.29, 0.717) is 19.0 Å². The van der Waals surface area contributed by atoms with Gasteiger partial charge in [0, 0.05) is 6.07 Å². The Bertz CT molecular complexity index is 519. The molecule has 0 aliphatic rings. The maximum atomic E-state index is 5.76. The quantitative estimate of drug-likeness (QED) is 0.632. The van der Waals surface area contributed by atoms with E-state index in [1.165, 1.54) is 0 Å². The molecular formula is C13H16N4O. The average molecular weight is 244 g/mol. The molecule has 0 amide bonds. The number of benzene rings is 1. The van der Waals surface area contributed by atoms with Crippen molar-refractivity contribution in [2.24, 2.45) is 10.7 Å². The highest BCUT2D eigenvalue weighted by molar-refractivity contribution is 5.77. The lowest BCUT2D eigenvalue weighted by atomic mass is 10.2. The van der Waals surface area contributed by atoms with Crippen LogP contribution in [0.25, 0.3) is 0 Å². The van der Waals surface area contributed by atoms with E-state index in [0.717, 1.165) is 17.0 Å². The summed E-state index contributed by atoms with van der Waals surface area (Å²) in [5.41, 5.74) is 7.69. The largest absolute Gasteiger partial charge is 0.370 e. The lowest BCUT2D eigenvalue weighted by molar-refractivity contribution is 0.390. The minimum atomic E-state index is 0.402. The molecule has 0 aliphatic carbocycles. The zero-order valence-corrected chi connectivity index (χ0v) is 10.3. The van der Waals surface area contributed by atoms with Gasteiger partial charge in [-0.25, -0.2) is 4.99 Å². The molecule has 1 heterocycles. The third-order valence-electron chi connectivity index (χ3n) is 2.40. The Morgan fingerprint density at radius 3 is 2.83 bits per heavy atom. The first-order valence-corrected chi connectivity index (χ1v) is 5.74. The molecule has 0 fully saturated rings. The normalized spacial score (nSPS) is 11.5. The molecule has 0 radical (unpaired) electrons. The molecule has 18 heavy (non-hydrogen) atoms. The van der Waals surface area contributed by atoms with Crippen molar-refractivity contribution in [3.8, 4) is 0 Å². The van der Waals surface area contributed by atoms with Gasteiger partial charge in [0.15, 0.2) is 5.96 Å². The van der Waals surface area contributed by atoms with Crippen LogP contribution in [-0.4, -0.2) is 11.1 Å². The maximum Gasteiger partial charge on any atom is 0.189 e. The topological polar surface area (TPSA) is 76.4 Å².